The van der Waals surface area contributed by atoms with Gasteiger partial charge in [-0.3, -0.25) is 20.4 Å². The first kappa shape index (κ1) is 19.6. The highest BCUT2D eigenvalue weighted by Gasteiger charge is 2.29. The van der Waals surface area contributed by atoms with Crippen LogP contribution in [0.4, 0.5) is 13.2 Å². The van der Waals surface area contributed by atoms with Crippen LogP contribution in [0.15, 0.2) is 53.4 Å². The number of carbonyl (C=O) groups is 2. The molecule has 0 aliphatic carbocycles. The van der Waals surface area contributed by atoms with E-state index in [4.69, 9.17) is 4.74 Å². The van der Waals surface area contributed by atoms with Crippen LogP contribution in [0.3, 0.4) is 0 Å². The number of aryl methyl sites for hydroxylation is 1. The lowest BCUT2D eigenvalue weighted by atomic mass is 10.2. The molecule has 0 aromatic heterocycles. The lowest BCUT2D eigenvalue weighted by Crippen LogP contribution is -2.43. The molecule has 0 heterocycles. The van der Waals surface area contributed by atoms with Gasteiger partial charge in [0.15, 0.2) is 6.61 Å². The Morgan fingerprint density at radius 1 is 1.08 bits per heavy atom. The van der Waals surface area contributed by atoms with Crippen molar-refractivity contribution in [1.82, 2.24) is 10.9 Å². The number of thioether (sulfide) groups is 1. The Kier molecular flexibility index (Phi) is 6.51. The summed E-state index contributed by atoms with van der Waals surface area (Å²) in [5, 5.41) is 0. The Morgan fingerprint density at radius 2 is 1.77 bits per heavy atom. The second-order valence-electron chi connectivity index (χ2n) is 5.18. The van der Waals surface area contributed by atoms with Crippen molar-refractivity contribution in [2.45, 2.75) is 17.3 Å². The minimum absolute atomic E-state index is 0.0374. The van der Waals surface area contributed by atoms with Gasteiger partial charge < -0.3 is 4.74 Å². The standard InChI is InChI=1S/C17H15F3N2O3S/c1-11-3-2-4-13(9-11)25-10-15(23)21-22-16(24)12-5-7-14(8-6-12)26-17(18,19)20/h2-9H,10H2,1H3,(H,21,23)(H,22,24). The number of alkyl halides is 3. The Morgan fingerprint density at radius 3 is 2.38 bits per heavy atom. The Bertz CT molecular complexity index is 780. The van der Waals surface area contributed by atoms with E-state index in [0.29, 0.717) is 5.75 Å². The van der Waals surface area contributed by atoms with Crippen molar-refractivity contribution >= 4 is 23.6 Å². The molecular weight excluding hydrogens is 369 g/mol. The first-order valence-corrected chi connectivity index (χ1v) is 8.19. The van der Waals surface area contributed by atoms with Crippen LogP contribution in [0.5, 0.6) is 5.75 Å². The second-order valence-corrected chi connectivity index (χ2v) is 6.32. The van der Waals surface area contributed by atoms with E-state index in [2.05, 4.69) is 10.9 Å². The summed E-state index contributed by atoms with van der Waals surface area (Å²) in [4.78, 5) is 23.5. The van der Waals surface area contributed by atoms with Gasteiger partial charge in [-0.15, -0.1) is 0 Å². The zero-order valence-electron chi connectivity index (χ0n) is 13.6. The molecule has 0 saturated carbocycles. The molecule has 0 saturated heterocycles. The van der Waals surface area contributed by atoms with Crippen LogP contribution in [0.2, 0.25) is 0 Å². The van der Waals surface area contributed by atoms with Crippen LogP contribution in [0.1, 0.15) is 15.9 Å². The molecule has 0 spiro atoms. The van der Waals surface area contributed by atoms with Gasteiger partial charge in [-0.25, -0.2) is 0 Å². The molecule has 2 aromatic rings. The summed E-state index contributed by atoms with van der Waals surface area (Å²) in [7, 11) is 0. The Hall–Kier alpha value is -2.68. The third-order valence-electron chi connectivity index (χ3n) is 3.03. The van der Waals surface area contributed by atoms with Gasteiger partial charge in [0.05, 0.1) is 0 Å². The molecule has 9 heteroatoms. The van der Waals surface area contributed by atoms with E-state index in [1.54, 1.807) is 18.2 Å². The molecule has 26 heavy (non-hydrogen) atoms. The highest BCUT2D eigenvalue weighted by Crippen LogP contribution is 2.36. The fourth-order valence-electron chi connectivity index (χ4n) is 1.90. The molecule has 0 unspecified atom stereocenters. The number of hydrogen-bond donors (Lipinski definition) is 2. The number of halogens is 3. The highest BCUT2D eigenvalue weighted by molar-refractivity contribution is 8.00. The maximum absolute atomic E-state index is 12.3. The quantitative estimate of drug-likeness (QED) is 0.612. The molecule has 0 aliphatic rings. The Labute approximate surface area is 151 Å². The first-order chi connectivity index (χ1) is 12.2. The largest absolute Gasteiger partial charge is 0.484 e. The lowest BCUT2D eigenvalue weighted by molar-refractivity contribution is -0.123. The van der Waals surface area contributed by atoms with Crippen LogP contribution in [0, 0.1) is 6.92 Å². The number of amides is 2. The van der Waals surface area contributed by atoms with Crippen LogP contribution in [-0.2, 0) is 4.79 Å². The summed E-state index contributed by atoms with van der Waals surface area (Å²) in [6, 6.07) is 11.9. The molecule has 0 aliphatic heterocycles. The van der Waals surface area contributed by atoms with Gasteiger partial charge in [-0.05, 0) is 60.6 Å². The van der Waals surface area contributed by atoms with E-state index in [0.717, 1.165) is 5.56 Å². The fourth-order valence-corrected chi connectivity index (χ4v) is 2.44. The third-order valence-corrected chi connectivity index (χ3v) is 3.76. The van der Waals surface area contributed by atoms with Crippen molar-refractivity contribution < 1.29 is 27.5 Å². The number of carbonyl (C=O) groups excluding carboxylic acids is 2. The predicted octanol–water partition coefficient (Wildman–Crippen LogP) is 3.45. The van der Waals surface area contributed by atoms with Gasteiger partial charge in [0.2, 0.25) is 0 Å². The number of ether oxygens (including phenoxy) is 1. The SMILES string of the molecule is Cc1cccc(OCC(=O)NNC(=O)c2ccc(SC(F)(F)F)cc2)c1. The molecule has 2 rings (SSSR count). The van der Waals surface area contributed by atoms with Crippen molar-refractivity contribution in [3.8, 4) is 5.75 Å². The first-order valence-electron chi connectivity index (χ1n) is 7.37. The molecule has 0 fully saturated rings. The highest BCUT2D eigenvalue weighted by atomic mass is 32.2. The summed E-state index contributed by atoms with van der Waals surface area (Å²) in [6.45, 7) is 1.58. The van der Waals surface area contributed by atoms with Gasteiger partial charge in [0.1, 0.15) is 5.75 Å². The van der Waals surface area contributed by atoms with Crippen molar-refractivity contribution in [1.29, 1.82) is 0 Å². The van der Waals surface area contributed by atoms with Gasteiger partial charge in [-0.1, -0.05) is 12.1 Å². The van der Waals surface area contributed by atoms with Gasteiger partial charge in [0, 0.05) is 10.5 Å². The summed E-state index contributed by atoms with van der Waals surface area (Å²) < 4.78 is 42.0. The second kappa shape index (κ2) is 8.61. The number of nitrogens with one attached hydrogen (secondary N) is 2. The third kappa shape index (κ3) is 6.67. The van der Waals surface area contributed by atoms with E-state index in [9.17, 15) is 22.8 Å². The summed E-state index contributed by atoms with van der Waals surface area (Å²) >= 11 is -0.273. The number of hydrogen-bond acceptors (Lipinski definition) is 4. The lowest BCUT2D eigenvalue weighted by Gasteiger charge is -2.10. The predicted molar refractivity (Wildman–Crippen MR) is 90.6 cm³/mol. The average molecular weight is 384 g/mol. The van der Waals surface area contributed by atoms with E-state index < -0.39 is 17.3 Å². The molecule has 0 bridgehead atoms. The van der Waals surface area contributed by atoms with Gasteiger partial charge in [0.25, 0.3) is 11.8 Å². The average Bonchev–Trinajstić information content (AvgIpc) is 2.57. The van der Waals surface area contributed by atoms with Crippen LogP contribution < -0.4 is 15.6 Å². The zero-order chi connectivity index (χ0) is 19.2. The number of rotatable bonds is 5. The Balaban J connectivity index is 1.79. The minimum Gasteiger partial charge on any atom is -0.484 e. The topological polar surface area (TPSA) is 67.4 Å². The molecule has 0 radical (unpaired) electrons. The maximum Gasteiger partial charge on any atom is 0.446 e. The van der Waals surface area contributed by atoms with E-state index in [-0.39, 0.29) is 28.8 Å². The van der Waals surface area contributed by atoms with Crippen LogP contribution >= 0.6 is 11.8 Å². The number of hydrazine groups is 1. The normalized spacial score (nSPS) is 10.9. The van der Waals surface area contributed by atoms with Crippen molar-refractivity contribution in [2.75, 3.05) is 6.61 Å². The molecule has 2 N–H and O–H groups in total. The maximum atomic E-state index is 12.3. The van der Waals surface area contributed by atoms with E-state index in [1.165, 1.54) is 24.3 Å². The van der Waals surface area contributed by atoms with Crippen LogP contribution in [0.25, 0.3) is 0 Å². The summed E-state index contributed by atoms with van der Waals surface area (Å²) in [6.07, 6.45) is 0. The molecule has 5 nitrogen and oxygen atoms in total. The molecular formula is C17H15F3N2O3S. The van der Waals surface area contributed by atoms with E-state index in [1.807, 2.05) is 13.0 Å². The molecule has 0 atom stereocenters. The van der Waals surface area contributed by atoms with Crippen molar-refractivity contribution in [2.24, 2.45) is 0 Å². The van der Waals surface area contributed by atoms with Crippen molar-refractivity contribution in [3.05, 3.63) is 59.7 Å². The number of benzene rings is 2. The van der Waals surface area contributed by atoms with Crippen LogP contribution in [-0.4, -0.2) is 23.9 Å². The van der Waals surface area contributed by atoms with Gasteiger partial charge >= 0.3 is 5.51 Å². The van der Waals surface area contributed by atoms with Gasteiger partial charge in [-0.2, -0.15) is 13.2 Å². The molecule has 2 amide bonds. The summed E-state index contributed by atoms with van der Waals surface area (Å²) in [5.41, 5.74) is 1.03. The zero-order valence-corrected chi connectivity index (χ0v) is 14.4. The molecule has 138 valence electrons. The van der Waals surface area contributed by atoms with E-state index >= 15 is 0 Å². The smallest absolute Gasteiger partial charge is 0.446 e. The summed E-state index contributed by atoms with van der Waals surface area (Å²) in [5.74, 6) is -0.717. The fraction of sp³-hybridized carbons (Fsp3) is 0.176. The van der Waals surface area contributed by atoms with Crippen molar-refractivity contribution in [3.63, 3.8) is 0 Å². The monoisotopic (exact) mass is 384 g/mol. The molecule has 2 aromatic carbocycles. The minimum atomic E-state index is -4.39.